The Morgan fingerprint density at radius 2 is 1.97 bits per heavy atom. The second-order valence-corrected chi connectivity index (χ2v) is 10.1. The topological polar surface area (TPSA) is 76.5 Å². The van der Waals surface area contributed by atoms with Crippen molar-refractivity contribution in [2.75, 3.05) is 19.6 Å². The van der Waals surface area contributed by atoms with Crippen LogP contribution in [-0.2, 0) is 18.4 Å². The maximum absolute atomic E-state index is 13.8. The SMILES string of the molecule is Cn1nc(C(=O)N(CC(=O)NCC2CC2)CC2CCCCC2)c2c1-c1cc(Cl)ccc1OC2. The predicted molar refractivity (Wildman–Crippen MR) is 126 cm³/mol. The van der Waals surface area contributed by atoms with Gasteiger partial charge in [-0.05, 0) is 55.7 Å². The summed E-state index contributed by atoms with van der Waals surface area (Å²) in [6.07, 6.45) is 8.17. The lowest BCUT2D eigenvalue weighted by Crippen LogP contribution is -2.44. The van der Waals surface area contributed by atoms with E-state index in [4.69, 9.17) is 16.3 Å². The highest BCUT2D eigenvalue weighted by molar-refractivity contribution is 6.31. The molecule has 176 valence electrons. The minimum absolute atomic E-state index is 0.0661. The molecule has 2 amide bonds. The zero-order chi connectivity index (χ0) is 22.9. The number of aromatic nitrogens is 2. The Morgan fingerprint density at radius 3 is 2.73 bits per heavy atom. The molecule has 5 rings (SSSR count). The molecule has 0 bridgehead atoms. The molecule has 0 atom stereocenters. The molecule has 2 aliphatic carbocycles. The van der Waals surface area contributed by atoms with Gasteiger partial charge < -0.3 is 15.0 Å². The van der Waals surface area contributed by atoms with E-state index < -0.39 is 0 Å². The minimum atomic E-state index is -0.201. The van der Waals surface area contributed by atoms with Crippen LogP contribution in [0.5, 0.6) is 5.75 Å². The van der Waals surface area contributed by atoms with Gasteiger partial charge in [-0.25, -0.2) is 0 Å². The summed E-state index contributed by atoms with van der Waals surface area (Å²) >= 11 is 6.23. The Kier molecular flexibility index (Phi) is 6.32. The molecule has 8 heteroatoms. The summed E-state index contributed by atoms with van der Waals surface area (Å²) in [5, 5.41) is 8.21. The van der Waals surface area contributed by atoms with Crippen LogP contribution in [0.25, 0.3) is 11.3 Å². The third-order valence-electron chi connectivity index (χ3n) is 7.03. The second-order valence-electron chi connectivity index (χ2n) is 9.67. The highest BCUT2D eigenvalue weighted by atomic mass is 35.5. The smallest absolute Gasteiger partial charge is 0.275 e. The molecule has 0 spiro atoms. The molecule has 2 saturated carbocycles. The predicted octanol–water partition coefficient (Wildman–Crippen LogP) is 4.18. The Bertz CT molecular complexity index is 1060. The molecule has 1 N–H and O–H groups in total. The van der Waals surface area contributed by atoms with Gasteiger partial charge in [-0.1, -0.05) is 30.9 Å². The van der Waals surface area contributed by atoms with Gasteiger partial charge in [0.2, 0.25) is 5.91 Å². The van der Waals surface area contributed by atoms with Crippen LogP contribution in [0.3, 0.4) is 0 Å². The van der Waals surface area contributed by atoms with Crippen LogP contribution in [0.2, 0.25) is 5.02 Å². The molecule has 2 heterocycles. The summed E-state index contributed by atoms with van der Waals surface area (Å²) < 4.78 is 7.66. The minimum Gasteiger partial charge on any atom is -0.488 e. The van der Waals surface area contributed by atoms with Gasteiger partial charge in [0.15, 0.2) is 5.69 Å². The number of fused-ring (bicyclic) bond motifs is 3. The summed E-state index contributed by atoms with van der Waals surface area (Å²) in [5.74, 6) is 1.46. The summed E-state index contributed by atoms with van der Waals surface area (Å²) in [6.45, 7) is 1.62. The van der Waals surface area contributed by atoms with Crippen molar-refractivity contribution in [1.29, 1.82) is 0 Å². The molecule has 0 saturated heterocycles. The lowest BCUT2D eigenvalue weighted by molar-refractivity contribution is -0.122. The first-order chi connectivity index (χ1) is 16.0. The van der Waals surface area contributed by atoms with E-state index in [9.17, 15) is 9.59 Å². The lowest BCUT2D eigenvalue weighted by Gasteiger charge is -2.29. The summed E-state index contributed by atoms with van der Waals surface area (Å²) in [5.41, 5.74) is 2.80. The molecule has 3 aliphatic rings. The monoisotopic (exact) mass is 470 g/mol. The van der Waals surface area contributed by atoms with Gasteiger partial charge in [0.05, 0.1) is 12.2 Å². The molecule has 0 unspecified atom stereocenters. The Morgan fingerprint density at radius 1 is 1.18 bits per heavy atom. The number of aryl methyl sites for hydroxylation is 1. The maximum Gasteiger partial charge on any atom is 0.275 e. The number of nitrogens with one attached hydrogen (secondary N) is 1. The number of benzene rings is 1. The van der Waals surface area contributed by atoms with Crippen LogP contribution in [0.1, 0.15) is 61.0 Å². The van der Waals surface area contributed by atoms with Crippen molar-refractivity contribution in [3.05, 3.63) is 34.5 Å². The molecule has 1 aliphatic heterocycles. The zero-order valence-corrected chi connectivity index (χ0v) is 19.9. The van der Waals surface area contributed by atoms with Crippen molar-refractivity contribution in [3.63, 3.8) is 0 Å². The van der Waals surface area contributed by atoms with E-state index in [1.165, 1.54) is 32.1 Å². The Labute approximate surface area is 199 Å². The van der Waals surface area contributed by atoms with Crippen molar-refractivity contribution >= 4 is 23.4 Å². The molecule has 33 heavy (non-hydrogen) atoms. The molecule has 7 nitrogen and oxygen atoms in total. The van der Waals surface area contributed by atoms with Gasteiger partial charge in [-0.3, -0.25) is 14.3 Å². The first kappa shape index (κ1) is 22.3. The molecule has 0 radical (unpaired) electrons. The fourth-order valence-corrected chi connectivity index (χ4v) is 5.21. The van der Waals surface area contributed by atoms with Crippen molar-refractivity contribution in [3.8, 4) is 17.0 Å². The number of hydrogen-bond acceptors (Lipinski definition) is 4. The van der Waals surface area contributed by atoms with Gasteiger partial charge in [0.25, 0.3) is 5.91 Å². The number of ether oxygens (including phenoxy) is 1. The van der Waals surface area contributed by atoms with E-state index in [0.29, 0.717) is 35.6 Å². The fraction of sp³-hybridized carbons (Fsp3) is 0.560. The van der Waals surface area contributed by atoms with Crippen LogP contribution < -0.4 is 10.1 Å². The van der Waals surface area contributed by atoms with Crippen LogP contribution in [-0.4, -0.2) is 46.1 Å². The van der Waals surface area contributed by atoms with Gasteiger partial charge in [0.1, 0.15) is 12.4 Å². The van der Waals surface area contributed by atoms with Crippen molar-refractivity contribution in [2.45, 2.75) is 51.6 Å². The number of hydrogen-bond donors (Lipinski definition) is 1. The van der Waals surface area contributed by atoms with Gasteiger partial charge in [-0.2, -0.15) is 5.10 Å². The van der Waals surface area contributed by atoms with E-state index >= 15 is 0 Å². The number of carbonyl (C=O) groups is 2. The van der Waals surface area contributed by atoms with Crippen LogP contribution in [0.4, 0.5) is 0 Å². The maximum atomic E-state index is 13.8. The number of amides is 2. The summed E-state index contributed by atoms with van der Waals surface area (Å²) in [7, 11) is 1.83. The van der Waals surface area contributed by atoms with Gasteiger partial charge >= 0.3 is 0 Å². The normalized spacial score (nSPS) is 17.6. The largest absolute Gasteiger partial charge is 0.488 e. The lowest BCUT2D eigenvalue weighted by atomic mass is 9.89. The highest BCUT2D eigenvalue weighted by Crippen LogP contribution is 2.40. The molecule has 1 aromatic carbocycles. The summed E-state index contributed by atoms with van der Waals surface area (Å²) in [4.78, 5) is 28.1. The van der Waals surface area contributed by atoms with Crippen LogP contribution >= 0.6 is 11.6 Å². The fourth-order valence-electron chi connectivity index (χ4n) is 5.04. The summed E-state index contributed by atoms with van der Waals surface area (Å²) in [6, 6.07) is 5.48. The van der Waals surface area contributed by atoms with E-state index in [0.717, 1.165) is 35.4 Å². The van der Waals surface area contributed by atoms with E-state index in [1.54, 1.807) is 15.6 Å². The average molecular weight is 471 g/mol. The Hall–Kier alpha value is -2.54. The number of carbonyl (C=O) groups excluding carboxylic acids is 2. The van der Waals surface area contributed by atoms with Gasteiger partial charge in [-0.15, -0.1) is 0 Å². The quantitative estimate of drug-likeness (QED) is 0.658. The van der Waals surface area contributed by atoms with Crippen molar-refractivity contribution in [2.24, 2.45) is 18.9 Å². The van der Waals surface area contributed by atoms with E-state index in [-0.39, 0.29) is 25.0 Å². The van der Waals surface area contributed by atoms with Crippen LogP contribution in [0, 0.1) is 11.8 Å². The highest BCUT2D eigenvalue weighted by Gasteiger charge is 2.33. The molecule has 1 aromatic heterocycles. The molecule has 2 fully saturated rings. The van der Waals surface area contributed by atoms with Crippen molar-refractivity contribution in [1.82, 2.24) is 20.0 Å². The third-order valence-corrected chi connectivity index (χ3v) is 7.26. The van der Waals surface area contributed by atoms with Gasteiger partial charge in [0, 0.05) is 36.3 Å². The van der Waals surface area contributed by atoms with Crippen molar-refractivity contribution < 1.29 is 14.3 Å². The first-order valence-corrected chi connectivity index (χ1v) is 12.4. The number of halogens is 1. The molecular weight excluding hydrogens is 440 g/mol. The van der Waals surface area contributed by atoms with E-state index in [2.05, 4.69) is 10.4 Å². The average Bonchev–Trinajstić information content (AvgIpc) is 3.59. The first-order valence-electron chi connectivity index (χ1n) is 12.0. The number of nitrogens with zero attached hydrogens (tertiary/aromatic N) is 3. The van der Waals surface area contributed by atoms with E-state index in [1.807, 2.05) is 19.2 Å². The standard InChI is InChI=1S/C25H31ClN4O3/c1-29-24-19-11-18(26)9-10-21(19)33-15-20(24)23(28-29)25(32)30(13-17-5-3-2-4-6-17)14-22(31)27-12-16-7-8-16/h9-11,16-17H,2-8,12-15H2,1H3,(H,27,31). The zero-order valence-electron chi connectivity index (χ0n) is 19.1. The molecular formula is C25H31ClN4O3. The molecule has 2 aromatic rings. The Balaban J connectivity index is 1.41. The number of rotatable bonds is 7. The second kappa shape index (κ2) is 9.37. The van der Waals surface area contributed by atoms with Crippen LogP contribution in [0.15, 0.2) is 18.2 Å². The third kappa shape index (κ3) is 4.88.